The Hall–Kier alpha value is -0.0400. The van der Waals surface area contributed by atoms with E-state index >= 15 is 0 Å². The summed E-state index contributed by atoms with van der Waals surface area (Å²) in [6.45, 7) is 4.58. The summed E-state index contributed by atoms with van der Waals surface area (Å²) in [6, 6.07) is 0.494. The van der Waals surface area contributed by atoms with Crippen molar-refractivity contribution in [3.05, 3.63) is 0 Å². The zero-order valence-electron chi connectivity index (χ0n) is 7.14. The fraction of sp³-hybridized carbons (Fsp3) is 1.00. The highest BCUT2D eigenvalue weighted by molar-refractivity contribution is 4.79. The van der Waals surface area contributed by atoms with Gasteiger partial charge in [0.1, 0.15) is 0 Å². The van der Waals surface area contributed by atoms with Gasteiger partial charge in [-0.1, -0.05) is 26.7 Å². The minimum Gasteiger partial charge on any atom is -0.327 e. The number of rotatable bonds is 1. The Balaban J connectivity index is 2.40. The summed E-state index contributed by atoms with van der Waals surface area (Å²) in [6.07, 6.45) is 5.36. The maximum atomic E-state index is 5.98. The van der Waals surface area contributed by atoms with Crippen LogP contribution in [0.2, 0.25) is 0 Å². The average Bonchev–Trinajstić information content (AvgIpc) is 1.88. The van der Waals surface area contributed by atoms with Gasteiger partial charge in [-0.3, -0.25) is 0 Å². The third-order valence-corrected chi connectivity index (χ3v) is 2.73. The first-order valence-electron chi connectivity index (χ1n) is 4.47. The van der Waals surface area contributed by atoms with Crippen LogP contribution in [0.5, 0.6) is 0 Å². The van der Waals surface area contributed by atoms with E-state index in [0.717, 1.165) is 11.8 Å². The summed E-state index contributed by atoms with van der Waals surface area (Å²) >= 11 is 0. The molecule has 2 atom stereocenters. The van der Waals surface area contributed by atoms with Gasteiger partial charge in [-0.25, -0.2) is 0 Å². The molecule has 0 saturated heterocycles. The van der Waals surface area contributed by atoms with E-state index in [0.29, 0.717) is 6.04 Å². The zero-order valence-corrected chi connectivity index (χ0v) is 7.14. The van der Waals surface area contributed by atoms with Gasteiger partial charge in [0.25, 0.3) is 0 Å². The van der Waals surface area contributed by atoms with Crippen LogP contribution < -0.4 is 5.73 Å². The molecule has 0 aromatic rings. The first-order chi connectivity index (χ1) is 4.72. The molecule has 1 rings (SSSR count). The summed E-state index contributed by atoms with van der Waals surface area (Å²) in [5, 5.41) is 0. The molecule has 0 heterocycles. The van der Waals surface area contributed by atoms with Gasteiger partial charge in [0.2, 0.25) is 0 Å². The van der Waals surface area contributed by atoms with Gasteiger partial charge in [0, 0.05) is 6.04 Å². The van der Waals surface area contributed by atoms with Gasteiger partial charge in [-0.15, -0.1) is 0 Å². The molecule has 1 aliphatic rings. The molecule has 0 spiro atoms. The molecule has 1 aliphatic carbocycles. The standard InChI is InChI=1S/C9H19N/c1-7(2)8-5-3-4-6-9(8)10/h7-9H,3-6,10H2,1-2H3/t8?,9-/m0/s1. The number of nitrogens with two attached hydrogens (primary N) is 1. The van der Waals surface area contributed by atoms with Crippen molar-refractivity contribution in [1.29, 1.82) is 0 Å². The van der Waals surface area contributed by atoms with E-state index in [9.17, 15) is 0 Å². The Morgan fingerprint density at radius 1 is 1.20 bits per heavy atom. The van der Waals surface area contributed by atoms with Crippen LogP contribution in [0.4, 0.5) is 0 Å². The maximum absolute atomic E-state index is 5.98. The quantitative estimate of drug-likeness (QED) is 0.595. The van der Waals surface area contributed by atoms with Crippen LogP contribution in [0.15, 0.2) is 0 Å². The fourth-order valence-corrected chi connectivity index (χ4v) is 2.02. The van der Waals surface area contributed by atoms with Crippen molar-refractivity contribution in [1.82, 2.24) is 0 Å². The lowest BCUT2D eigenvalue weighted by Crippen LogP contribution is -2.35. The van der Waals surface area contributed by atoms with E-state index in [2.05, 4.69) is 13.8 Å². The Morgan fingerprint density at radius 3 is 2.20 bits per heavy atom. The summed E-state index contributed by atoms with van der Waals surface area (Å²) < 4.78 is 0. The molecular formula is C9H19N. The van der Waals surface area contributed by atoms with E-state index in [1.54, 1.807) is 0 Å². The SMILES string of the molecule is CC(C)C1CCCC[C@@H]1N. The number of hydrogen-bond donors (Lipinski definition) is 1. The highest BCUT2D eigenvalue weighted by Crippen LogP contribution is 2.28. The van der Waals surface area contributed by atoms with Crippen LogP contribution in [0.25, 0.3) is 0 Å². The first kappa shape index (κ1) is 8.06. The molecule has 1 heteroatoms. The predicted molar refractivity (Wildman–Crippen MR) is 44.8 cm³/mol. The molecule has 0 radical (unpaired) electrons. The molecule has 1 saturated carbocycles. The number of hydrogen-bond acceptors (Lipinski definition) is 1. The molecule has 1 nitrogen and oxygen atoms in total. The summed E-state index contributed by atoms with van der Waals surface area (Å²) in [7, 11) is 0. The summed E-state index contributed by atoms with van der Waals surface area (Å²) in [5.74, 6) is 1.59. The monoisotopic (exact) mass is 141 g/mol. The van der Waals surface area contributed by atoms with Gasteiger partial charge in [0.15, 0.2) is 0 Å². The smallest absolute Gasteiger partial charge is 0.00696 e. The Labute approximate surface area is 64.0 Å². The molecule has 0 aliphatic heterocycles. The molecule has 0 bridgehead atoms. The summed E-state index contributed by atoms with van der Waals surface area (Å²) in [5.41, 5.74) is 5.98. The van der Waals surface area contributed by atoms with Gasteiger partial charge in [-0.2, -0.15) is 0 Å². The second-order valence-electron chi connectivity index (χ2n) is 3.86. The molecule has 1 unspecified atom stereocenters. The molecule has 2 N–H and O–H groups in total. The van der Waals surface area contributed by atoms with Crippen LogP contribution in [0, 0.1) is 11.8 Å². The summed E-state index contributed by atoms with van der Waals surface area (Å²) in [4.78, 5) is 0. The van der Waals surface area contributed by atoms with Crippen molar-refractivity contribution in [2.75, 3.05) is 0 Å². The topological polar surface area (TPSA) is 26.0 Å². The van der Waals surface area contributed by atoms with E-state index in [4.69, 9.17) is 5.73 Å². The predicted octanol–water partition coefficient (Wildman–Crippen LogP) is 2.16. The molecule has 10 heavy (non-hydrogen) atoms. The van der Waals surface area contributed by atoms with Gasteiger partial charge >= 0.3 is 0 Å². The molecule has 0 amide bonds. The Kier molecular flexibility index (Phi) is 2.72. The lowest BCUT2D eigenvalue weighted by molar-refractivity contribution is 0.240. The van der Waals surface area contributed by atoms with E-state index < -0.39 is 0 Å². The van der Waals surface area contributed by atoms with Crippen LogP contribution >= 0.6 is 0 Å². The van der Waals surface area contributed by atoms with Crippen molar-refractivity contribution in [3.8, 4) is 0 Å². The first-order valence-corrected chi connectivity index (χ1v) is 4.47. The minimum atomic E-state index is 0.494. The lowest BCUT2D eigenvalue weighted by Gasteiger charge is -2.31. The van der Waals surface area contributed by atoms with Gasteiger partial charge in [-0.05, 0) is 24.7 Å². The largest absolute Gasteiger partial charge is 0.327 e. The maximum Gasteiger partial charge on any atom is 0.00696 e. The third kappa shape index (κ3) is 1.72. The van der Waals surface area contributed by atoms with Crippen LogP contribution in [0.3, 0.4) is 0 Å². The van der Waals surface area contributed by atoms with Gasteiger partial charge in [0.05, 0.1) is 0 Å². The molecule has 1 fully saturated rings. The molecule has 0 aromatic carbocycles. The van der Waals surface area contributed by atoms with Crippen molar-refractivity contribution < 1.29 is 0 Å². The van der Waals surface area contributed by atoms with Crippen LogP contribution in [-0.4, -0.2) is 6.04 Å². The van der Waals surface area contributed by atoms with Crippen molar-refractivity contribution in [3.63, 3.8) is 0 Å². The third-order valence-electron chi connectivity index (χ3n) is 2.73. The van der Waals surface area contributed by atoms with Crippen molar-refractivity contribution in [2.45, 2.75) is 45.6 Å². The Morgan fingerprint density at radius 2 is 1.80 bits per heavy atom. The second kappa shape index (κ2) is 3.38. The second-order valence-corrected chi connectivity index (χ2v) is 3.86. The van der Waals surface area contributed by atoms with E-state index in [-0.39, 0.29) is 0 Å². The molecule has 60 valence electrons. The highest BCUT2D eigenvalue weighted by Gasteiger charge is 2.23. The van der Waals surface area contributed by atoms with E-state index in [1.807, 2.05) is 0 Å². The van der Waals surface area contributed by atoms with Gasteiger partial charge < -0.3 is 5.73 Å². The molecule has 0 aromatic heterocycles. The zero-order chi connectivity index (χ0) is 7.56. The fourth-order valence-electron chi connectivity index (χ4n) is 2.02. The lowest BCUT2D eigenvalue weighted by atomic mass is 9.78. The minimum absolute atomic E-state index is 0.494. The van der Waals surface area contributed by atoms with E-state index in [1.165, 1.54) is 25.7 Å². The molecular weight excluding hydrogens is 122 g/mol. The Bertz CT molecular complexity index is 98.9. The van der Waals surface area contributed by atoms with Crippen LogP contribution in [-0.2, 0) is 0 Å². The normalized spacial score (nSPS) is 34.8. The van der Waals surface area contributed by atoms with Crippen LogP contribution in [0.1, 0.15) is 39.5 Å². The highest BCUT2D eigenvalue weighted by atomic mass is 14.7. The van der Waals surface area contributed by atoms with Crippen molar-refractivity contribution in [2.24, 2.45) is 17.6 Å². The average molecular weight is 141 g/mol. The van der Waals surface area contributed by atoms with Crippen molar-refractivity contribution >= 4 is 0 Å².